The molecule has 1 fully saturated rings. The maximum atomic E-state index is 14.4. The Hall–Kier alpha value is -5.00. The number of fused-ring (bicyclic) bond motifs is 3. The van der Waals surface area contributed by atoms with Crippen molar-refractivity contribution < 1.29 is 14.2 Å². The Morgan fingerprint density at radius 1 is 0.714 bits per heavy atom. The van der Waals surface area contributed by atoms with Crippen LogP contribution in [0.25, 0.3) is 31.8 Å². The Kier molecular flexibility index (Phi) is 6.65. The molecule has 4 heterocycles. The molecular weight excluding hydrogens is 554 g/mol. The standard InChI is InChI=1S/C31H25N5O5S/c1-39-22-12-14-23(15-13-22)41-31-33-27-25(29(38)36(31)21-10-6-3-7-11-21)24-26(42-27)32-30(34-16-18-40-19-17-34)35(28(24)37)20-8-4-2-5-9-20/h2-15H,16-19H2,1H3. The first-order chi connectivity index (χ1) is 20.6. The predicted octanol–water partition coefficient (Wildman–Crippen LogP) is 4.78. The minimum Gasteiger partial charge on any atom is -0.497 e. The molecule has 6 aromatic rings. The highest BCUT2D eigenvalue weighted by Gasteiger charge is 2.26. The van der Waals surface area contributed by atoms with Crippen molar-refractivity contribution in [2.75, 3.05) is 38.3 Å². The first-order valence-corrected chi connectivity index (χ1v) is 14.2. The largest absolute Gasteiger partial charge is 0.497 e. The number of rotatable bonds is 6. The fourth-order valence-corrected chi connectivity index (χ4v) is 6.07. The van der Waals surface area contributed by atoms with E-state index in [2.05, 4.69) is 0 Å². The van der Waals surface area contributed by atoms with E-state index in [0.29, 0.717) is 64.8 Å². The number of morpholine rings is 1. The molecule has 0 atom stereocenters. The van der Waals surface area contributed by atoms with Crippen LogP contribution in [0.5, 0.6) is 17.5 Å². The second-order valence-electron chi connectivity index (χ2n) is 9.60. The third-order valence-corrected chi connectivity index (χ3v) is 8.06. The molecule has 10 nitrogen and oxygen atoms in total. The Balaban J connectivity index is 1.51. The summed E-state index contributed by atoms with van der Waals surface area (Å²) in [6.07, 6.45) is 0. The number of anilines is 1. The lowest BCUT2D eigenvalue weighted by atomic mass is 10.2. The molecule has 0 amide bonds. The maximum Gasteiger partial charge on any atom is 0.310 e. The highest BCUT2D eigenvalue weighted by atomic mass is 32.1. The molecule has 1 saturated heterocycles. The van der Waals surface area contributed by atoms with Gasteiger partial charge in [0.05, 0.1) is 42.5 Å². The van der Waals surface area contributed by atoms with Gasteiger partial charge < -0.3 is 19.1 Å². The van der Waals surface area contributed by atoms with Crippen LogP contribution in [0.15, 0.2) is 94.5 Å². The third-order valence-electron chi connectivity index (χ3n) is 7.09. The van der Waals surface area contributed by atoms with Crippen LogP contribution in [0, 0.1) is 0 Å². The Bertz CT molecular complexity index is 2020. The van der Waals surface area contributed by atoms with Crippen LogP contribution in [-0.4, -0.2) is 52.5 Å². The van der Waals surface area contributed by atoms with Crippen molar-refractivity contribution in [1.82, 2.24) is 19.1 Å². The highest BCUT2D eigenvalue weighted by Crippen LogP contribution is 2.33. The molecule has 7 rings (SSSR count). The zero-order valence-corrected chi connectivity index (χ0v) is 23.4. The highest BCUT2D eigenvalue weighted by molar-refractivity contribution is 7.25. The molecule has 0 saturated carbocycles. The molecule has 42 heavy (non-hydrogen) atoms. The molecule has 11 heteroatoms. The number of hydrogen-bond acceptors (Lipinski definition) is 9. The molecule has 1 aliphatic heterocycles. The average Bonchev–Trinajstić information content (AvgIpc) is 3.42. The van der Waals surface area contributed by atoms with Crippen molar-refractivity contribution in [3.63, 3.8) is 0 Å². The van der Waals surface area contributed by atoms with E-state index in [1.807, 2.05) is 53.4 Å². The number of aromatic nitrogens is 4. The first kappa shape index (κ1) is 25.9. The van der Waals surface area contributed by atoms with E-state index in [1.165, 1.54) is 15.9 Å². The number of thiophene rings is 1. The fourth-order valence-electron chi connectivity index (χ4n) is 5.05. The average molecular weight is 580 g/mol. The van der Waals surface area contributed by atoms with Gasteiger partial charge in [0.2, 0.25) is 5.95 Å². The number of methoxy groups -OCH3 is 1. The van der Waals surface area contributed by atoms with Gasteiger partial charge in [-0.2, -0.15) is 4.98 Å². The van der Waals surface area contributed by atoms with Crippen LogP contribution >= 0.6 is 11.3 Å². The van der Waals surface area contributed by atoms with Crippen LogP contribution in [-0.2, 0) is 4.74 Å². The summed E-state index contributed by atoms with van der Waals surface area (Å²) < 4.78 is 19.9. The summed E-state index contributed by atoms with van der Waals surface area (Å²) in [4.78, 5) is 41.3. The molecule has 210 valence electrons. The quantitative estimate of drug-likeness (QED) is 0.278. The van der Waals surface area contributed by atoms with Crippen molar-refractivity contribution in [3.8, 4) is 28.9 Å². The van der Waals surface area contributed by atoms with E-state index in [0.717, 1.165) is 0 Å². The smallest absolute Gasteiger partial charge is 0.310 e. The third kappa shape index (κ3) is 4.48. The van der Waals surface area contributed by atoms with Gasteiger partial charge in [-0.3, -0.25) is 9.59 Å². The van der Waals surface area contributed by atoms with Crippen LogP contribution in [0.4, 0.5) is 5.95 Å². The lowest BCUT2D eigenvalue weighted by Gasteiger charge is -2.29. The normalized spacial score (nSPS) is 13.5. The van der Waals surface area contributed by atoms with Crippen LogP contribution < -0.4 is 25.5 Å². The SMILES string of the molecule is COc1ccc(Oc2nc3sc4nc(N5CCOCC5)n(-c5ccccc5)c(=O)c4c3c(=O)n2-c2ccccc2)cc1. The van der Waals surface area contributed by atoms with Gasteiger partial charge in [0.1, 0.15) is 21.2 Å². The van der Waals surface area contributed by atoms with Crippen LogP contribution in [0.2, 0.25) is 0 Å². The molecule has 0 spiro atoms. The van der Waals surface area contributed by atoms with Crippen LogP contribution in [0.3, 0.4) is 0 Å². The summed E-state index contributed by atoms with van der Waals surface area (Å²) in [6, 6.07) is 25.5. The van der Waals surface area contributed by atoms with Gasteiger partial charge in [-0.05, 0) is 48.5 Å². The number of benzene rings is 3. The van der Waals surface area contributed by atoms with Crippen molar-refractivity contribution >= 4 is 37.7 Å². The predicted molar refractivity (Wildman–Crippen MR) is 162 cm³/mol. The molecule has 1 aliphatic rings. The van der Waals surface area contributed by atoms with Gasteiger partial charge in [-0.25, -0.2) is 14.1 Å². The summed E-state index contributed by atoms with van der Waals surface area (Å²) in [5, 5.41) is 0.436. The van der Waals surface area contributed by atoms with Crippen LogP contribution in [0.1, 0.15) is 0 Å². The monoisotopic (exact) mass is 579 g/mol. The fraction of sp³-hybridized carbons (Fsp3) is 0.161. The molecule has 0 aliphatic carbocycles. The zero-order chi connectivity index (χ0) is 28.6. The lowest BCUT2D eigenvalue weighted by Crippen LogP contribution is -2.40. The second-order valence-corrected chi connectivity index (χ2v) is 10.6. The number of para-hydroxylation sites is 2. The molecule has 0 radical (unpaired) electrons. The van der Waals surface area contributed by atoms with E-state index >= 15 is 0 Å². The molecule has 0 unspecified atom stereocenters. The van der Waals surface area contributed by atoms with Gasteiger partial charge >= 0.3 is 6.01 Å². The second kappa shape index (κ2) is 10.8. The lowest BCUT2D eigenvalue weighted by molar-refractivity contribution is 0.122. The minimum absolute atomic E-state index is 0.0761. The molecule has 0 N–H and O–H groups in total. The zero-order valence-electron chi connectivity index (χ0n) is 22.6. The number of nitrogens with zero attached hydrogens (tertiary/aromatic N) is 5. The number of hydrogen-bond donors (Lipinski definition) is 0. The van der Waals surface area contributed by atoms with Gasteiger partial charge in [0.15, 0.2) is 0 Å². The van der Waals surface area contributed by atoms with Gasteiger partial charge in [0, 0.05) is 13.1 Å². The molecular formula is C31H25N5O5S. The van der Waals surface area contributed by atoms with Crippen molar-refractivity contribution in [3.05, 3.63) is 106 Å². The summed E-state index contributed by atoms with van der Waals surface area (Å²) in [6.45, 7) is 2.25. The van der Waals surface area contributed by atoms with E-state index in [9.17, 15) is 9.59 Å². The molecule has 3 aromatic heterocycles. The van der Waals surface area contributed by atoms with Crippen molar-refractivity contribution in [2.45, 2.75) is 0 Å². The van der Waals surface area contributed by atoms with E-state index in [4.69, 9.17) is 24.2 Å². The summed E-state index contributed by atoms with van der Waals surface area (Å²) in [5.41, 5.74) is 0.467. The Labute approximate surface area is 243 Å². The number of ether oxygens (including phenoxy) is 3. The summed E-state index contributed by atoms with van der Waals surface area (Å²) in [5.74, 6) is 1.66. The first-order valence-electron chi connectivity index (χ1n) is 13.4. The Morgan fingerprint density at radius 3 is 1.88 bits per heavy atom. The van der Waals surface area contributed by atoms with Gasteiger partial charge in [0.25, 0.3) is 11.1 Å². The maximum absolute atomic E-state index is 14.4. The minimum atomic E-state index is -0.418. The Morgan fingerprint density at radius 2 is 1.26 bits per heavy atom. The van der Waals surface area contributed by atoms with E-state index in [1.54, 1.807) is 48.1 Å². The summed E-state index contributed by atoms with van der Waals surface area (Å²) >= 11 is 1.20. The molecule has 3 aromatic carbocycles. The summed E-state index contributed by atoms with van der Waals surface area (Å²) in [7, 11) is 1.59. The van der Waals surface area contributed by atoms with Gasteiger partial charge in [-0.1, -0.05) is 47.7 Å². The van der Waals surface area contributed by atoms with Gasteiger partial charge in [-0.15, -0.1) is 0 Å². The van der Waals surface area contributed by atoms with Crippen molar-refractivity contribution in [2.24, 2.45) is 0 Å². The van der Waals surface area contributed by atoms with E-state index < -0.39 is 5.56 Å². The topological polar surface area (TPSA) is 101 Å². The molecule has 0 bridgehead atoms. The van der Waals surface area contributed by atoms with Crippen molar-refractivity contribution in [1.29, 1.82) is 0 Å². The van der Waals surface area contributed by atoms with E-state index in [-0.39, 0.29) is 22.3 Å².